The normalized spacial score (nSPS) is 15.1. The summed E-state index contributed by atoms with van der Waals surface area (Å²) < 4.78 is 1.76. The van der Waals surface area contributed by atoms with Crippen molar-refractivity contribution in [2.24, 2.45) is 0 Å². The molecule has 0 aromatic carbocycles. The van der Waals surface area contributed by atoms with E-state index in [0.717, 1.165) is 0 Å². The Morgan fingerprint density at radius 3 is 2.79 bits per heavy atom. The molecule has 0 spiro atoms. The summed E-state index contributed by atoms with van der Waals surface area (Å²) in [5, 5.41) is 16.4. The molecule has 1 atom stereocenters. The van der Waals surface area contributed by atoms with Gasteiger partial charge in [0.15, 0.2) is 0 Å². The summed E-state index contributed by atoms with van der Waals surface area (Å²) in [5.74, 6) is 0. The van der Waals surface area contributed by atoms with Gasteiger partial charge in [-0.1, -0.05) is 0 Å². The van der Waals surface area contributed by atoms with Gasteiger partial charge in [0.1, 0.15) is 5.54 Å². The molecule has 1 N–H and O–H groups in total. The first-order valence-electron chi connectivity index (χ1n) is 4.72. The van der Waals surface area contributed by atoms with Crippen LogP contribution in [0.1, 0.15) is 20.8 Å². The van der Waals surface area contributed by atoms with E-state index >= 15 is 0 Å². The van der Waals surface area contributed by atoms with Crippen molar-refractivity contribution in [2.45, 2.75) is 38.9 Å². The summed E-state index contributed by atoms with van der Waals surface area (Å²) in [6.07, 6.45) is 3.57. The highest BCUT2D eigenvalue weighted by Crippen LogP contribution is 2.06. The second-order valence-corrected chi connectivity index (χ2v) is 3.95. The van der Waals surface area contributed by atoms with E-state index in [4.69, 9.17) is 5.26 Å². The molecule has 1 unspecified atom stereocenters. The topological polar surface area (TPSA) is 53.6 Å². The maximum atomic E-state index is 9.08. The Balaban J connectivity index is 2.67. The third-order valence-corrected chi connectivity index (χ3v) is 1.89. The monoisotopic (exact) mass is 192 g/mol. The van der Waals surface area contributed by atoms with Crippen molar-refractivity contribution in [1.29, 1.82) is 5.26 Å². The van der Waals surface area contributed by atoms with Crippen LogP contribution in [0, 0.1) is 11.3 Å². The van der Waals surface area contributed by atoms with E-state index in [1.807, 2.05) is 33.0 Å². The summed E-state index contributed by atoms with van der Waals surface area (Å²) in [6.45, 7) is 6.50. The molecule has 4 heteroatoms. The van der Waals surface area contributed by atoms with Gasteiger partial charge in [0.05, 0.1) is 12.6 Å². The third kappa shape index (κ3) is 2.86. The minimum absolute atomic E-state index is 0.287. The maximum absolute atomic E-state index is 9.08. The van der Waals surface area contributed by atoms with Crippen LogP contribution < -0.4 is 5.32 Å². The smallest absolute Gasteiger partial charge is 0.123 e. The van der Waals surface area contributed by atoms with Gasteiger partial charge in [-0.25, -0.2) is 0 Å². The molecule has 0 aliphatic carbocycles. The summed E-state index contributed by atoms with van der Waals surface area (Å²) in [6, 6.07) is 4.42. The van der Waals surface area contributed by atoms with E-state index < -0.39 is 5.54 Å². The van der Waals surface area contributed by atoms with Crippen LogP contribution in [0.5, 0.6) is 0 Å². The molecule has 0 radical (unpaired) electrons. The molecule has 1 aromatic rings. The number of nitrogens with one attached hydrogen (secondary N) is 1. The fourth-order valence-electron chi connectivity index (χ4n) is 1.47. The zero-order valence-electron chi connectivity index (χ0n) is 8.86. The highest BCUT2D eigenvalue weighted by Gasteiger charge is 2.24. The average molecular weight is 192 g/mol. The first-order chi connectivity index (χ1) is 6.56. The van der Waals surface area contributed by atoms with E-state index in [-0.39, 0.29) is 6.04 Å². The van der Waals surface area contributed by atoms with E-state index in [1.165, 1.54) is 0 Å². The fraction of sp³-hybridized carbons (Fsp3) is 0.600. The average Bonchev–Trinajstić information content (AvgIpc) is 2.55. The lowest BCUT2D eigenvalue weighted by Crippen LogP contribution is -2.48. The molecule has 1 heterocycles. The van der Waals surface area contributed by atoms with Crippen molar-refractivity contribution >= 4 is 0 Å². The molecule has 14 heavy (non-hydrogen) atoms. The maximum Gasteiger partial charge on any atom is 0.123 e. The van der Waals surface area contributed by atoms with Gasteiger partial charge in [-0.2, -0.15) is 10.4 Å². The summed E-state index contributed by atoms with van der Waals surface area (Å²) >= 11 is 0. The quantitative estimate of drug-likeness (QED) is 0.779. The number of aromatic nitrogens is 2. The van der Waals surface area contributed by atoms with E-state index in [9.17, 15) is 0 Å². The molecule has 1 rings (SSSR count). The third-order valence-electron chi connectivity index (χ3n) is 1.89. The van der Waals surface area contributed by atoms with Crippen molar-refractivity contribution in [1.82, 2.24) is 15.1 Å². The predicted octanol–water partition coefficient (Wildman–Crippen LogP) is 1.16. The van der Waals surface area contributed by atoms with Gasteiger partial charge in [-0.05, 0) is 26.8 Å². The second-order valence-electron chi connectivity index (χ2n) is 3.95. The molecule has 0 aliphatic rings. The molecule has 0 fully saturated rings. The van der Waals surface area contributed by atoms with Crippen LogP contribution in [0.15, 0.2) is 18.5 Å². The molecule has 0 aliphatic heterocycles. The minimum atomic E-state index is -0.555. The van der Waals surface area contributed by atoms with Crippen LogP contribution in [0.25, 0.3) is 0 Å². The summed E-state index contributed by atoms with van der Waals surface area (Å²) in [5.41, 5.74) is -0.555. The van der Waals surface area contributed by atoms with Crippen molar-refractivity contribution in [3.8, 4) is 6.07 Å². The fourth-order valence-corrected chi connectivity index (χ4v) is 1.47. The van der Waals surface area contributed by atoms with Gasteiger partial charge < -0.3 is 0 Å². The molecule has 76 valence electrons. The van der Waals surface area contributed by atoms with Crippen LogP contribution in [0.4, 0.5) is 0 Å². The van der Waals surface area contributed by atoms with Gasteiger partial charge in [0.2, 0.25) is 0 Å². The predicted molar refractivity (Wildman–Crippen MR) is 54.5 cm³/mol. The lowest BCUT2D eigenvalue weighted by atomic mass is 10.0. The Labute approximate surface area is 84.5 Å². The first-order valence-corrected chi connectivity index (χ1v) is 4.72. The van der Waals surface area contributed by atoms with Gasteiger partial charge in [-0.3, -0.25) is 10.00 Å². The minimum Gasteiger partial charge on any atom is -0.296 e. The van der Waals surface area contributed by atoms with E-state index in [0.29, 0.717) is 6.54 Å². The molecular formula is C10H16N4. The Bertz CT molecular complexity index is 309. The van der Waals surface area contributed by atoms with E-state index in [2.05, 4.69) is 16.5 Å². The highest BCUT2D eigenvalue weighted by molar-refractivity contribution is 5.04. The first kappa shape index (κ1) is 10.7. The molecule has 0 amide bonds. The zero-order chi connectivity index (χ0) is 10.6. The standard InChI is InChI=1S/C10H16N4/c1-9(2)13-10(3,7-11)8-14-6-4-5-12-14/h4-6,9,13H,8H2,1-3H3. The molecule has 0 saturated carbocycles. The Hall–Kier alpha value is -1.34. The van der Waals surface area contributed by atoms with Crippen molar-refractivity contribution in [3.05, 3.63) is 18.5 Å². The summed E-state index contributed by atoms with van der Waals surface area (Å²) in [7, 11) is 0. The molecule has 1 aromatic heterocycles. The lowest BCUT2D eigenvalue weighted by Gasteiger charge is -2.25. The van der Waals surface area contributed by atoms with Gasteiger partial charge in [0.25, 0.3) is 0 Å². The lowest BCUT2D eigenvalue weighted by molar-refractivity contribution is 0.344. The molecule has 0 saturated heterocycles. The highest BCUT2D eigenvalue weighted by atomic mass is 15.3. The summed E-state index contributed by atoms with van der Waals surface area (Å²) in [4.78, 5) is 0. The molecule has 0 bridgehead atoms. The number of hydrogen-bond acceptors (Lipinski definition) is 3. The second kappa shape index (κ2) is 4.25. The Morgan fingerprint density at radius 2 is 2.36 bits per heavy atom. The zero-order valence-corrected chi connectivity index (χ0v) is 8.86. The van der Waals surface area contributed by atoms with Gasteiger partial charge in [0, 0.05) is 18.4 Å². The van der Waals surface area contributed by atoms with Crippen LogP contribution in [0.3, 0.4) is 0 Å². The molecular weight excluding hydrogens is 176 g/mol. The number of rotatable bonds is 4. The van der Waals surface area contributed by atoms with Crippen LogP contribution in [-0.2, 0) is 6.54 Å². The SMILES string of the molecule is CC(C)NC(C)(C#N)Cn1cccn1. The number of hydrogen-bond donors (Lipinski definition) is 1. The number of nitriles is 1. The van der Waals surface area contributed by atoms with Crippen molar-refractivity contribution < 1.29 is 0 Å². The number of nitrogens with zero attached hydrogens (tertiary/aromatic N) is 3. The van der Waals surface area contributed by atoms with Gasteiger partial charge >= 0.3 is 0 Å². The van der Waals surface area contributed by atoms with Gasteiger partial charge in [-0.15, -0.1) is 0 Å². The van der Waals surface area contributed by atoms with E-state index in [1.54, 1.807) is 10.9 Å². The van der Waals surface area contributed by atoms with Crippen LogP contribution in [0.2, 0.25) is 0 Å². The van der Waals surface area contributed by atoms with Crippen molar-refractivity contribution in [3.63, 3.8) is 0 Å². The molecule has 4 nitrogen and oxygen atoms in total. The Morgan fingerprint density at radius 1 is 1.64 bits per heavy atom. The van der Waals surface area contributed by atoms with Crippen molar-refractivity contribution in [2.75, 3.05) is 0 Å². The largest absolute Gasteiger partial charge is 0.296 e. The Kier molecular flexibility index (Phi) is 3.26. The van der Waals surface area contributed by atoms with Crippen LogP contribution >= 0.6 is 0 Å². The van der Waals surface area contributed by atoms with Crippen LogP contribution in [-0.4, -0.2) is 21.4 Å².